The Labute approximate surface area is 124 Å². The molecule has 3 heterocycles. The highest BCUT2D eigenvalue weighted by Gasteiger charge is 2.42. The van der Waals surface area contributed by atoms with Gasteiger partial charge < -0.3 is 0 Å². The summed E-state index contributed by atoms with van der Waals surface area (Å²) >= 11 is 6.92. The molecule has 2 aromatic rings. The summed E-state index contributed by atoms with van der Waals surface area (Å²) in [6, 6.07) is 2.99. The number of carbonyl (C=O) groups is 1. The minimum atomic E-state index is -3.88. The topological polar surface area (TPSA) is 80.2 Å². The van der Waals surface area contributed by atoms with Crippen molar-refractivity contribution in [2.75, 3.05) is 0 Å². The van der Waals surface area contributed by atoms with E-state index in [9.17, 15) is 13.2 Å². The van der Waals surface area contributed by atoms with Crippen LogP contribution < -0.4 is 0 Å². The average molecular weight is 330 g/mol. The molecule has 0 aromatic carbocycles. The lowest BCUT2D eigenvalue weighted by atomic mass is 10.3. The van der Waals surface area contributed by atoms with E-state index in [0.717, 1.165) is 4.31 Å². The zero-order valence-electron chi connectivity index (χ0n) is 9.98. The first-order valence-electron chi connectivity index (χ1n) is 5.55. The van der Waals surface area contributed by atoms with Crippen molar-refractivity contribution in [3.63, 3.8) is 0 Å². The summed E-state index contributed by atoms with van der Waals surface area (Å²) in [5, 5.41) is 2.06. The number of rotatable bonds is 3. The minimum absolute atomic E-state index is 0.0981. The van der Waals surface area contributed by atoms with Crippen molar-refractivity contribution in [3.8, 4) is 0 Å². The summed E-state index contributed by atoms with van der Waals surface area (Å²) in [4.78, 5) is 20.1. The summed E-state index contributed by atoms with van der Waals surface area (Å²) < 4.78 is 25.3. The number of amides is 1. The molecular formula is C11H8ClN3O3S2. The molecule has 9 heteroatoms. The Morgan fingerprint density at radius 1 is 1.40 bits per heavy atom. The van der Waals surface area contributed by atoms with E-state index < -0.39 is 15.9 Å². The molecule has 0 atom stereocenters. The van der Waals surface area contributed by atoms with Crippen molar-refractivity contribution < 1.29 is 13.2 Å². The van der Waals surface area contributed by atoms with Gasteiger partial charge in [0.1, 0.15) is 5.01 Å². The number of thiazole rings is 1. The number of aromatic nitrogens is 2. The third kappa shape index (κ3) is 2.00. The minimum Gasteiger partial charge on any atom is -0.268 e. The second-order valence-corrected chi connectivity index (χ2v) is 7.03. The van der Waals surface area contributed by atoms with Gasteiger partial charge in [0.05, 0.1) is 23.7 Å². The molecule has 1 amide bonds. The number of nitrogens with zero attached hydrogens (tertiary/aromatic N) is 3. The second kappa shape index (κ2) is 4.80. The second-order valence-electron chi connectivity index (χ2n) is 4.04. The van der Waals surface area contributed by atoms with Crippen LogP contribution in [0.4, 0.5) is 0 Å². The summed E-state index contributed by atoms with van der Waals surface area (Å²) in [7, 11) is -3.88. The van der Waals surface area contributed by atoms with Crippen molar-refractivity contribution in [3.05, 3.63) is 40.0 Å². The molecule has 6 nitrogen and oxygen atoms in total. The Kier molecular flexibility index (Phi) is 3.23. The van der Waals surface area contributed by atoms with E-state index in [1.165, 1.54) is 29.7 Å². The zero-order chi connectivity index (χ0) is 14.3. The molecule has 0 saturated heterocycles. The number of alkyl halides is 1. The van der Waals surface area contributed by atoms with Crippen molar-refractivity contribution in [1.82, 2.24) is 14.3 Å². The average Bonchev–Trinajstić information content (AvgIpc) is 2.97. The van der Waals surface area contributed by atoms with Gasteiger partial charge in [-0.25, -0.2) is 14.3 Å². The molecule has 3 rings (SSSR count). The lowest BCUT2D eigenvalue weighted by Gasteiger charge is -2.12. The summed E-state index contributed by atoms with van der Waals surface area (Å²) in [5.74, 6) is -0.324. The molecule has 1 aliphatic heterocycles. The van der Waals surface area contributed by atoms with E-state index in [4.69, 9.17) is 11.6 Å². The first-order valence-corrected chi connectivity index (χ1v) is 8.41. The maximum Gasteiger partial charge on any atom is 0.285 e. The number of halogens is 1. The Balaban J connectivity index is 1.98. The fraction of sp³-hybridized carbons (Fsp3) is 0.182. The molecule has 0 aliphatic carbocycles. The van der Waals surface area contributed by atoms with Gasteiger partial charge in [0.15, 0.2) is 5.03 Å². The molecule has 0 saturated carbocycles. The Hall–Kier alpha value is -1.51. The highest BCUT2D eigenvalue weighted by molar-refractivity contribution is 7.90. The molecule has 1 aliphatic rings. The Morgan fingerprint density at radius 3 is 2.85 bits per heavy atom. The van der Waals surface area contributed by atoms with E-state index in [-0.39, 0.29) is 23.0 Å². The lowest BCUT2D eigenvalue weighted by molar-refractivity contribution is 0.0864. The maximum atomic E-state index is 12.3. The van der Waals surface area contributed by atoms with Crippen LogP contribution in [0.2, 0.25) is 0 Å². The van der Waals surface area contributed by atoms with Crippen LogP contribution in [-0.2, 0) is 22.4 Å². The van der Waals surface area contributed by atoms with Gasteiger partial charge in [0.2, 0.25) is 0 Å². The van der Waals surface area contributed by atoms with Crippen LogP contribution >= 0.6 is 22.9 Å². The lowest BCUT2D eigenvalue weighted by Crippen LogP contribution is -2.29. The predicted molar refractivity (Wildman–Crippen MR) is 73.0 cm³/mol. The monoisotopic (exact) mass is 329 g/mol. The van der Waals surface area contributed by atoms with Gasteiger partial charge in [-0.15, -0.1) is 22.9 Å². The van der Waals surface area contributed by atoms with Gasteiger partial charge in [-0.05, 0) is 12.1 Å². The van der Waals surface area contributed by atoms with Gasteiger partial charge in [0.25, 0.3) is 15.9 Å². The molecule has 0 N–H and O–H groups in total. The zero-order valence-corrected chi connectivity index (χ0v) is 12.4. The molecule has 0 bridgehead atoms. The fourth-order valence-corrected chi connectivity index (χ4v) is 4.41. The first kappa shape index (κ1) is 13.5. The van der Waals surface area contributed by atoms with Crippen LogP contribution in [0.15, 0.2) is 28.7 Å². The summed E-state index contributed by atoms with van der Waals surface area (Å²) in [6.45, 7) is -0.0981. The number of carbonyl (C=O) groups excluding carboxylic acids is 1. The van der Waals surface area contributed by atoms with Crippen molar-refractivity contribution in [2.45, 2.75) is 17.5 Å². The number of hydrogen-bond acceptors (Lipinski definition) is 6. The molecule has 0 spiro atoms. The van der Waals surface area contributed by atoms with Crippen LogP contribution in [0.25, 0.3) is 0 Å². The van der Waals surface area contributed by atoms with Crippen molar-refractivity contribution in [1.29, 1.82) is 0 Å². The SMILES string of the molecule is O=C1c2cccnc2S(=O)(=O)N1Cc1nc(CCl)cs1. The van der Waals surface area contributed by atoms with E-state index >= 15 is 0 Å². The molecule has 20 heavy (non-hydrogen) atoms. The third-order valence-electron chi connectivity index (χ3n) is 2.78. The number of fused-ring (bicyclic) bond motifs is 1. The standard InChI is InChI=1S/C11H8ClN3O3S2/c12-4-7-6-19-9(14-7)5-15-11(16)8-2-1-3-13-10(8)20(15,17)18/h1-3,6H,4-5H2. The van der Waals surface area contributed by atoms with Crippen LogP contribution in [0.1, 0.15) is 21.1 Å². The van der Waals surface area contributed by atoms with Gasteiger partial charge in [-0.2, -0.15) is 8.42 Å². The number of hydrogen-bond donors (Lipinski definition) is 0. The highest BCUT2D eigenvalue weighted by Crippen LogP contribution is 2.30. The highest BCUT2D eigenvalue weighted by atomic mass is 35.5. The smallest absolute Gasteiger partial charge is 0.268 e. The quantitative estimate of drug-likeness (QED) is 0.799. The van der Waals surface area contributed by atoms with E-state index in [2.05, 4.69) is 9.97 Å². The molecule has 2 aromatic heterocycles. The first-order chi connectivity index (χ1) is 9.54. The van der Waals surface area contributed by atoms with Crippen molar-refractivity contribution in [2.24, 2.45) is 0 Å². The van der Waals surface area contributed by atoms with Crippen LogP contribution in [0.3, 0.4) is 0 Å². The van der Waals surface area contributed by atoms with Crippen LogP contribution in [0.5, 0.6) is 0 Å². The number of pyridine rings is 1. The molecule has 104 valence electrons. The number of sulfonamides is 1. The van der Waals surface area contributed by atoms with Gasteiger partial charge in [-0.1, -0.05) is 0 Å². The summed E-state index contributed by atoms with van der Waals surface area (Å²) in [6.07, 6.45) is 1.35. The summed E-state index contributed by atoms with van der Waals surface area (Å²) in [5.41, 5.74) is 0.757. The van der Waals surface area contributed by atoms with E-state index in [1.54, 1.807) is 5.38 Å². The molecular weight excluding hydrogens is 322 g/mol. The maximum absolute atomic E-state index is 12.3. The predicted octanol–water partition coefficient (Wildman–Crippen LogP) is 1.62. The fourth-order valence-electron chi connectivity index (χ4n) is 1.87. The molecule has 0 fully saturated rings. The van der Waals surface area contributed by atoms with Crippen LogP contribution in [-0.4, -0.2) is 28.6 Å². The van der Waals surface area contributed by atoms with E-state index in [1.807, 2.05) is 0 Å². The molecule has 0 radical (unpaired) electrons. The Morgan fingerprint density at radius 2 is 2.20 bits per heavy atom. The normalized spacial score (nSPS) is 16.4. The van der Waals surface area contributed by atoms with Crippen LogP contribution in [0, 0.1) is 0 Å². The van der Waals surface area contributed by atoms with Gasteiger partial charge in [0, 0.05) is 11.6 Å². The van der Waals surface area contributed by atoms with Crippen molar-refractivity contribution >= 4 is 38.9 Å². The Bertz CT molecular complexity index is 788. The van der Waals surface area contributed by atoms with Gasteiger partial charge in [-0.3, -0.25) is 4.79 Å². The third-order valence-corrected chi connectivity index (χ3v) is 5.62. The molecule has 0 unspecified atom stereocenters. The largest absolute Gasteiger partial charge is 0.285 e. The van der Waals surface area contributed by atoms with Gasteiger partial charge >= 0.3 is 0 Å². The van der Waals surface area contributed by atoms with E-state index in [0.29, 0.717) is 10.7 Å².